The SMILES string of the molecule is NC[C@@H]1CCCN1C(=O)CCn1cnc2ccccc2c1=O. The van der Waals surface area contributed by atoms with Crippen molar-refractivity contribution in [3.63, 3.8) is 0 Å². The van der Waals surface area contributed by atoms with Gasteiger partial charge in [0.1, 0.15) is 0 Å². The monoisotopic (exact) mass is 300 g/mol. The summed E-state index contributed by atoms with van der Waals surface area (Å²) in [6.45, 7) is 1.62. The Hall–Kier alpha value is -2.21. The molecule has 0 bridgehead atoms. The molecule has 1 fully saturated rings. The van der Waals surface area contributed by atoms with E-state index in [4.69, 9.17) is 5.73 Å². The van der Waals surface area contributed by atoms with Crippen LogP contribution in [0.4, 0.5) is 0 Å². The number of hydrogen-bond acceptors (Lipinski definition) is 4. The van der Waals surface area contributed by atoms with Crippen LogP contribution in [0.15, 0.2) is 35.4 Å². The highest BCUT2D eigenvalue weighted by Gasteiger charge is 2.27. The number of carbonyl (C=O) groups excluding carboxylic acids is 1. The molecule has 1 amide bonds. The van der Waals surface area contributed by atoms with Crippen molar-refractivity contribution in [2.24, 2.45) is 5.73 Å². The van der Waals surface area contributed by atoms with Crippen LogP contribution in [0, 0.1) is 0 Å². The van der Waals surface area contributed by atoms with Crippen LogP contribution in [-0.2, 0) is 11.3 Å². The van der Waals surface area contributed by atoms with E-state index in [1.165, 1.54) is 10.9 Å². The highest BCUT2D eigenvalue weighted by Crippen LogP contribution is 2.17. The number of amides is 1. The van der Waals surface area contributed by atoms with Crippen LogP contribution in [0.25, 0.3) is 10.9 Å². The maximum atomic E-state index is 12.4. The number of fused-ring (bicyclic) bond motifs is 1. The second kappa shape index (κ2) is 6.27. The van der Waals surface area contributed by atoms with Crippen LogP contribution in [0.5, 0.6) is 0 Å². The van der Waals surface area contributed by atoms with E-state index in [9.17, 15) is 9.59 Å². The van der Waals surface area contributed by atoms with E-state index in [-0.39, 0.29) is 17.5 Å². The zero-order valence-electron chi connectivity index (χ0n) is 12.4. The summed E-state index contributed by atoms with van der Waals surface area (Å²) in [6.07, 6.45) is 3.80. The predicted molar refractivity (Wildman–Crippen MR) is 84.4 cm³/mol. The summed E-state index contributed by atoms with van der Waals surface area (Å²) in [4.78, 5) is 30.8. The topological polar surface area (TPSA) is 81.2 Å². The molecule has 1 saturated heterocycles. The first-order valence-corrected chi connectivity index (χ1v) is 7.64. The summed E-state index contributed by atoms with van der Waals surface area (Å²) in [5, 5.41) is 0.582. The van der Waals surface area contributed by atoms with Gasteiger partial charge in [-0.3, -0.25) is 14.2 Å². The molecule has 1 atom stereocenters. The summed E-state index contributed by atoms with van der Waals surface area (Å²) in [6, 6.07) is 7.38. The van der Waals surface area contributed by atoms with Gasteiger partial charge < -0.3 is 10.6 Å². The molecule has 1 aliphatic heterocycles. The molecule has 2 heterocycles. The van der Waals surface area contributed by atoms with Gasteiger partial charge in [0.05, 0.1) is 17.2 Å². The molecule has 0 unspecified atom stereocenters. The van der Waals surface area contributed by atoms with Gasteiger partial charge in [-0.1, -0.05) is 12.1 Å². The standard InChI is InChI=1S/C16H20N4O2/c17-10-12-4-3-8-20(12)15(21)7-9-19-11-18-14-6-2-1-5-13(14)16(19)22/h1-2,5-6,11-12H,3-4,7-10,17H2/t12-/m0/s1. The molecule has 6 heteroatoms. The first-order valence-electron chi connectivity index (χ1n) is 7.64. The van der Waals surface area contributed by atoms with E-state index in [2.05, 4.69) is 4.98 Å². The van der Waals surface area contributed by atoms with Gasteiger partial charge in [0.25, 0.3) is 5.56 Å². The largest absolute Gasteiger partial charge is 0.338 e. The summed E-state index contributed by atoms with van der Waals surface area (Å²) in [5.41, 5.74) is 6.27. The first-order chi connectivity index (χ1) is 10.7. The summed E-state index contributed by atoms with van der Waals surface area (Å²) < 4.78 is 1.51. The van der Waals surface area contributed by atoms with E-state index in [1.807, 2.05) is 23.1 Å². The number of nitrogens with zero attached hydrogens (tertiary/aromatic N) is 3. The van der Waals surface area contributed by atoms with Gasteiger partial charge in [0.2, 0.25) is 5.91 Å². The van der Waals surface area contributed by atoms with Gasteiger partial charge in [-0.05, 0) is 25.0 Å². The third kappa shape index (κ3) is 2.74. The molecule has 2 N–H and O–H groups in total. The lowest BCUT2D eigenvalue weighted by atomic mass is 10.2. The lowest BCUT2D eigenvalue weighted by molar-refractivity contribution is -0.132. The van der Waals surface area contributed by atoms with E-state index in [0.717, 1.165) is 19.4 Å². The molecular formula is C16H20N4O2. The zero-order chi connectivity index (χ0) is 15.5. The Labute approximate surface area is 128 Å². The number of aryl methyl sites for hydroxylation is 1. The van der Waals surface area contributed by atoms with Crippen LogP contribution in [-0.4, -0.2) is 39.5 Å². The number of likely N-dealkylation sites (tertiary alicyclic amines) is 1. The average Bonchev–Trinajstić information content (AvgIpc) is 3.03. The fraction of sp³-hybridized carbons (Fsp3) is 0.438. The lowest BCUT2D eigenvalue weighted by Crippen LogP contribution is -2.40. The third-order valence-electron chi connectivity index (χ3n) is 4.27. The Bertz CT molecular complexity index is 740. The van der Waals surface area contributed by atoms with Gasteiger partial charge in [0, 0.05) is 32.1 Å². The number of para-hydroxylation sites is 1. The number of rotatable bonds is 4. The van der Waals surface area contributed by atoms with Crippen molar-refractivity contribution in [2.75, 3.05) is 13.1 Å². The summed E-state index contributed by atoms with van der Waals surface area (Å²) >= 11 is 0. The van der Waals surface area contributed by atoms with Gasteiger partial charge in [-0.2, -0.15) is 0 Å². The Kier molecular flexibility index (Phi) is 4.20. The highest BCUT2D eigenvalue weighted by molar-refractivity contribution is 5.78. The van der Waals surface area contributed by atoms with Gasteiger partial charge in [-0.15, -0.1) is 0 Å². The maximum absolute atomic E-state index is 12.4. The molecule has 116 valence electrons. The van der Waals surface area contributed by atoms with Crippen LogP contribution in [0.3, 0.4) is 0 Å². The summed E-state index contributed by atoms with van der Waals surface area (Å²) in [7, 11) is 0. The van der Waals surface area contributed by atoms with Crippen molar-refractivity contribution in [1.82, 2.24) is 14.5 Å². The number of aromatic nitrogens is 2. The Morgan fingerprint density at radius 3 is 3.00 bits per heavy atom. The van der Waals surface area contributed by atoms with E-state index in [0.29, 0.717) is 30.4 Å². The van der Waals surface area contributed by atoms with Crippen molar-refractivity contribution in [1.29, 1.82) is 0 Å². The van der Waals surface area contributed by atoms with Crippen molar-refractivity contribution >= 4 is 16.8 Å². The van der Waals surface area contributed by atoms with Gasteiger partial charge >= 0.3 is 0 Å². The zero-order valence-corrected chi connectivity index (χ0v) is 12.4. The number of carbonyl (C=O) groups is 1. The molecule has 0 spiro atoms. The van der Waals surface area contributed by atoms with Crippen molar-refractivity contribution in [2.45, 2.75) is 31.8 Å². The van der Waals surface area contributed by atoms with Crippen LogP contribution >= 0.6 is 0 Å². The van der Waals surface area contributed by atoms with Crippen molar-refractivity contribution in [3.05, 3.63) is 40.9 Å². The molecular weight excluding hydrogens is 280 g/mol. The number of benzene rings is 1. The van der Waals surface area contributed by atoms with Gasteiger partial charge in [-0.25, -0.2) is 4.98 Å². The molecule has 1 aromatic heterocycles. The Morgan fingerprint density at radius 1 is 1.36 bits per heavy atom. The molecule has 1 aromatic carbocycles. The fourth-order valence-electron chi connectivity index (χ4n) is 3.03. The molecule has 3 rings (SSSR count). The van der Waals surface area contributed by atoms with Crippen LogP contribution < -0.4 is 11.3 Å². The molecule has 1 aliphatic rings. The second-order valence-electron chi connectivity index (χ2n) is 5.63. The minimum atomic E-state index is -0.102. The van der Waals surface area contributed by atoms with Gasteiger partial charge in [0.15, 0.2) is 0 Å². The van der Waals surface area contributed by atoms with Crippen molar-refractivity contribution in [3.8, 4) is 0 Å². The molecule has 0 saturated carbocycles. The van der Waals surface area contributed by atoms with E-state index in [1.54, 1.807) is 6.07 Å². The molecule has 0 radical (unpaired) electrons. The Balaban J connectivity index is 1.73. The molecule has 0 aliphatic carbocycles. The van der Waals surface area contributed by atoms with Crippen LogP contribution in [0.2, 0.25) is 0 Å². The quantitative estimate of drug-likeness (QED) is 0.903. The Morgan fingerprint density at radius 2 is 2.18 bits per heavy atom. The van der Waals surface area contributed by atoms with E-state index >= 15 is 0 Å². The molecule has 6 nitrogen and oxygen atoms in total. The lowest BCUT2D eigenvalue weighted by Gasteiger charge is -2.23. The number of nitrogens with two attached hydrogens (primary N) is 1. The smallest absolute Gasteiger partial charge is 0.261 e. The minimum Gasteiger partial charge on any atom is -0.338 e. The minimum absolute atomic E-state index is 0.0630. The average molecular weight is 300 g/mol. The molecule has 2 aromatic rings. The number of hydrogen-bond donors (Lipinski definition) is 1. The first kappa shape index (κ1) is 14.7. The third-order valence-corrected chi connectivity index (χ3v) is 4.27. The maximum Gasteiger partial charge on any atom is 0.261 e. The fourth-order valence-corrected chi connectivity index (χ4v) is 3.03. The van der Waals surface area contributed by atoms with Crippen molar-refractivity contribution < 1.29 is 4.79 Å². The van der Waals surface area contributed by atoms with E-state index < -0.39 is 0 Å². The van der Waals surface area contributed by atoms with Crippen LogP contribution in [0.1, 0.15) is 19.3 Å². The summed E-state index contributed by atoms with van der Waals surface area (Å²) in [5.74, 6) is 0.0630. The predicted octanol–water partition coefficient (Wildman–Crippen LogP) is 0.736. The highest BCUT2D eigenvalue weighted by atomic mass is 16.2. The second-order valence-corrected chi connectivity index (χ2v) is 5.63. The normalized spacial score (nSPS) is 18.0. The molecule has 22 heavy (non-hydrogen) atoms.